The number of ether oxygens (including phenoxy) is 1. The molecule has 23 heavy (non-hydrogen) atoms. The van der Waals surface area contributed by atoms with Crippen molar-refractivity contribution in [2.45, 2.75) is 33.5 Å². The molecule has 0 spiro atoms. The molecule has 4 heteroatoms. The SMILES string of the molecule is C/C=C\C=C(/C)Cn1nc(CNC)cc1OCc1ccccc1. The van der Waals surface area contributed by atoms with Crippen LogP contribution >= 0.6 is 0 Å². The van der Waals surface area contributed by atoms with Crippen LogP contribution in [0.4, 0.5) is 0 Å². The van der Waals surface area contributed by atoms with Gasteiger partial charge in [-0.2, -0.15) is 5.10 Å². The summed E-state index contributed by atoms with van der Waals surface area (Å²) in [6, 6.07) is 12.2. The number of aromatic nitrogens is 2. The third kappa shape index (κ3) is 5.42. The van der Waals surface area contributed by atoms with Gasteiger partial charge in [-0.1, -0.05) is 54.1 Å². The molecular formula is C19H25N3O. The van der Waals surface area contributed by atoms with E-state index in [1.807, 2.05) is 55.1 Å². The largest absolute Gasteiger partial charge is 0.473 e. The van der Waals surface area contributed by atoms with Crippen LogP contribution in [0.1, 0.15) is 25.1 Å². The van der Waals surface area contributed by atoms with E-state index in [1.54, 1.807) is 0 Å². The van der Waals surface area contributed by atoms with Gasteiger partial charge < -0.3 is 10.1 Å². The minimum Gasteiger partial charge on any atom is -0.473 e. The first-order valence-corrected chi connectivity index (χ1v) is 7.89. The summed E-state index contributed by atoms with van der Waals surface area (Å²) in [6.45, 7) is 6.10. The van der Waals surface area contributed by atoms with E-state index in [1.165, 1.54) is 5.57 Å². The lowest BCUT2D eigenvalue weighted by Gasteiger charge is -2.09. The Bertz CT molecular complexity index is 657. The maximum Gasteiger partial charge on any atom is 0.212 e. The second-order valence-electron chi connectivity index (χ2n) is 5.47. The Morgan fingerprint density at radius 1 is 1.30 bits per heavy atom. The number of hydrogen-bond acceptors (Lipinski definition) is 3. The molecule has 2 aromatic rings. The fourth-order valence-corrected chi connectivity index (χ4v) is 2.23. The molecule has 0 unspecified atom stereocenters. The van der Waals surface area contributed by atoms with Crippen LogP contribution in [0.2, 0.25) is 0 Å². The standard InChI is InChI=1S/C19H25N3O/c1-4-5-9-16(2)14-22-19(12-18(21-22)13-20-3)23-15-17-10-7-6-8-11-17/h4-12,20H,13-15H2,1-3H3/b5-4-,16-9+. The van der Waals surface area contributed by atoms with Crippen LogP contribution in [0.25, 0.3) is 0 Å². The van der Waals surface area contributed by atoms with Gasteiger partial charge in [0.25, 0.3) is 0 Å². The van der Waals surface area contributed by atoms with Crippen LogP contribution in [0.5, 0.6) is 5.88 Å². The Morgan fingerprint density at radius 2 is 2.09 bits per heavy atom. The Hall–Kier alpha value is -2.33. The number of nitrogens with zero attached hydrogens (tertiary/aromatic N) is 2. The van der Waals surface area contributed by atoms with Crippen LogP contribution in [-0.4, -0.2) is 16.8 Å². The minimum atomic E-state index is 0.545. The van der Waals surface area contributed by atoms with Gasteiger partial charge in [0.05, 0.1) is 12.2 Å². The molecule has 0 atom stereocenters. The van der Waals surface area contributed by atoms with Gasteiger partial charge in [0.1, 0.15) is 6.61 Å². The van der Waals surface area contributed by atoms with E-state index in [0.717, 1.165) is 30.2 Å². The Morgan fingerprint density at radius 3 is 2.78 bits per heavy atom. The number of hydrogen-bond donors (Lipinski definition) is 1. The number of nitrogens with one attached hydrogen (secondary N) is 1. The fraction of sp³-hybridized carbons (Fsp3) is 0.316. The predicted octanol–water partition coefficient (Wildman–Crippen LogP) is 3.70. The van der Waals surface area contributed by atoms with Gasteiger partial charge in [0.15, 0.2) is 0 Å². The van der Waals surface area contributed by atoms with E-state index in [9.17, 15) is 0 Å². The van der Waals surface area contributed by atoms with Crippen molar-refractivity contribution in [1.82, 2.24) is 15.1 Å². The molecule has 0 bridgehead atoms. The molecule has 0 radical (unpaired) electrons. The van der Waals surface area contributed by atoms with Crippen LogP contribution < -0.4 is 10.1 Å². The average molecular weight is 311 g/mol. The van der Waals surface area contributed by atoms with E-state index >= 15 is 0 Å². The zero-order chi connectivity index (χ0) is 16.5. The molecule has 0 amide bonds. The summed E-state index contributed by atoms with van der Waals surface area (Å²) in [5.74, 6) is 0.798. The topological polar surface area (TPSA) is 39.1 Å². The van der Waals surface area contributed by atoms with E-state index < -0.39 is 0 Å². The molecule has 0 aliphatic heterocycles. The summed E-state index contributed by atoms with van der Waals surface area (Å²) in [7, 11) is 1.92. The molecule has 122 valence electrons. The van der Waals surface area contributed by atoms with Crippen molar-refractivity contribution in [1.29, 1.82) is 0 Å². The van der Waals surface area contributed by atoms with Crippen LogP contribution in [0, 0.1) is 0 Å². The molecule has 1 heterocycles. The first-order valence-electron chi connectivity index (χ1n) is 7.89. The number of allylic oxidation sites excluding steroid dienone is 4. The summed E-state index contributed by atoms with van der Waals surface area (Å²) in [4.78, 5) is 0. The fourth-order valence-electron chi connectivity index (χ4n) is 2.23. The minimum absolute atomic E-state index is 0.545. The van der Waals surface area contributed by atoms with Gasteiger partial charge in [-0.05, 0) is 26.5 Å². The summed E-state index contributed by atoms with van der Waals surface area (Å²) >= 11 is 0. The summed E-state index contributed by atoms with van der Waals surface area (Å²) in [5.41, 5.74) is 3.36. The van der Waals surface area contributed by atoms with Gasteiger partial charge >= 0.3 is 0 Å². The van der Waals surface area contributed by atoms with E-state index in [2.05, 4.69) is 35.5 Å². The second kappa shape index (κ2) is 8.96. The molecule has 1 aromatic heterocycles. The first-order chi connectivity index (χ1) is 11.2. The van der Waals surface area contributed by atoms with Crippen molar-refractivity contribution >= 4 is 0 Å². The van der Waals surface area contributed by atoms with Crippen molar-refractivity contribution < 1.29 is 4.74 Å². The van der Waals surface area contributed by atoms with Crippen molar-refractivity contribution in [3.05, 3.63) is 71.5 Å². The summed E-state index contributed by atoms with van der Waals surface area (Å²) in [5, 5.41) is 7.75. The third-order valence-electron chi connectivity index (χ3n) is 3.35. The first kappa shape index (κ1) is 17.0. The zero-order valence-electron chi connectivity index (χ0n) is 14.1. The second-order valence-corrected chi connectivity index (χ2v) is 5.47. The Balaban J connectivity index is 2.12. The summed E-state index contributed by atoms with van der Waals surface area (Å²) in [6.07, 6.45) is 6.16. The lowest BCUT2D eigenvalue weighted by molar-refractivity contribution is 0.275. The van der Waals surface area contributed by atoms with Gasteiger partial charge in [0.2, 0.25) is 5.88 Å². The highest BCUT2D eigenvalue weighted by Gasteiger charge is 2.09. The highest BCUT2D eigenvalue weighted by Crippen LogP contribution is 2.17. The summed E-state index contributed by atoms with van der Waals surface area (Å²) < 4.78 is 7.90. The quantitative estimate of drug-likeness (QED) is 0.756. The van der Waals surface area contributed by atoms with Crippen molar-refractivity contribution in [2.75, 3.05) is 7.05 Å². The van der Waals surface area contributed by atoms with Gasteiger partial charge in [0, 0.05) is 12.6 Å². The predicted molar refractivity (Wildman–Crippen MR) is 94.3 cm³/mol. The lowest BCUT2D eigenvalue weighted by atomic mass is 10.2. The smallest absolute Gasteiger partial charge is 0.212 e. The Kier molecular flexibility index (Phi) is 6.63. The molecule has 0 fully saturated rings. The lowest BCUT2D eigenvalue weighted by Crippen LogP contribution is -2.08. The van der Waals surface area contributed by atoms with E-state index in [4.69, 9.17) is 4.74 Å². The molecule has 2 rings (SSSR count). The van der Waals surface area contributed by atoms with Crippen molar-refractivity contribution in [3.63, 3.8) is 0 Å². The maximum atomic E-state index is 5.98. The Labute approximate surface area is 138 Å². The zero-order valence-corrected chi connectivity index (χ0v) is 14.1. The molecular weight excluding hydrogens is 286 g/mol. The van der Waals surface area contributed by atoms with Gasteiger partial charge in [-0.15, -0.1) is 0 Å². The van der Waals surface area contributed by atoms with Crippen LogP contribution in [0.3, 0.4) is 0 Å². The molecule has 0 saturated carbocycles. The maximum absolute atomic E-state index is 5.98. The average Bonchev–Trinajstić information content (AvgIpc) is 2.94. The van der Waals surface area contributed by atoms with Gasteiger partial charge in [-0.3, -0.25) is 0 Å². The van der Waals surface area contributed by atoms with Gasteiger partial charge in [-0.25, -0.2) is 4.68 Å². The van der Waals surface area contributed by atoms with Crippen molar-refractivity contribution in [2.24, 2.45) is 0 Å². The number of benzene rings is 1. The van der Waals surface area contributed by atoms with Crippen molar-refractivity contribution in [3.8, 4) is 5.88 Å². The molecule has 0 saturated heterocycles. The molecule has 0 aliphatic carbocycles. The normalized spacial score (nSPS) is 12.0. The molecule has 4 nitrogen and oxygen atoms in total. The highest BCUT2D eigenvalue weighted by atomic mass is 16.5. The molecule has 1 N–H and O–H groups in total. The highest BCUT2D eigenvalue weighted by molar-refractivity contribution is 5.20. The monoisotopic (exact) mass is 311 g/mol. The molecule has 1 aromatic carbocycles. The van der Waals surface area contributed by atoms with E-state index in [-0.39, 0.29) is 0 Å². The van der Waals surface area contributed by atoms with Crippen LogP contribution in [-0.2, 0) is 19.7 Å². The van der Waals surface area contributed by atoms with E-state index in [0.29, 0.717) is 6.61 Å². The third-order valence-corrected chi connectivity index (χ3v) is 3.35. The number of rotatable bonds is 8. The molecule has 0 aliphatic rings. The van der Waals surface area contributed by atoms with Crippen LogP contribution in [0.15, 0.2) is 60.2 Å².